The van der Waals surface area contributed by atoms with E-state index < -0.39 is 21.9 Å². The van der Waals surface area contributed by atoms with Gasteiger partial charge in [0.1, 0.15) is 11.5 Å². The molecule has 10 heteroatoms. The van der Waals surface area contributed by atoms with Crippen molar-refractivity contribution in [3.8, 4) is 11.5 Å². The van der Waals surface area contributed by atoms with Gasteiger partial charge in [-0.25, -0.2) is 8.42 Å². The maximum atomic E-state index is 13.3. The number of halogens is 1. The van der Waals surface area contributed by atoms with E-state index in [4.69, 9.17) is 25.8 Å². The Labute approximate surface area is 199 Å². The summed E-state index contributed by atoms with van der Waals surface area (Å²) in [5.41, 5.74) is 0.725. The van der Waals surface area contributed by atoms with E-state index in [0.717, 1.165) is 5.56 Å². The van der Waals surface area contributed by atoms with Crippen LogP contribution in [0.15, 0.2) is 47.4 Å². The Kier molecular flexibility index (Phi) is 8.58. The van der Waals surface area contributed by atoms with Gasteiger partial charge in [0.2, 0.25) is 15.9 Å². The van der Waals surface area contributed by atoms with E-state index in [1.165, 1.54) is 28.6 Å². The van der Waals surface area contributed by atoms with Crippen LogP contribution in [0.5, 0.6) is 11.5 Å². The van der Waals surface area contributed by atoms with Crippen molar-refractivity contribution in [1.29, 1.82) is 0 Å². The molecule has 1 heterocycles. The Morgan fingerprint density at radius 3 is 2.45 bits per heavy atom. The molecule has 0 unspecified atom stereocenters. The van der Waals surface area contributed by atoms with Crippen LogP contribution in [0.4, 0.5) is 0 Å². The summed E-state index contributed by atoms with van der Waals surface area (Å²) in [6, 6.07) is 11.3. The van der Waals surface area contributed by atoms with Crippen molar-refractivity contribution in [2.24, 2.45) is 5.92 Å². The molecule has 1 fully saturated rings. The average molecular weight is 497 g/mol. The van der Waals surface area contributed by atoms with Gasteiger partial charge in [0.05, 0.1) is 25.0 Å². The van der Waals surface area contributed by atoms with Crippen molar-refractivity contribution >= 4 is 27.5 Å². The fourth-order valence-corrected chi connectivity index (χ4v) is 5.61. The number of hydrogen-bond acceptors (Lipinski definition) is 6. The molecule has 8 nitrogen and oxygen atoms in total. The first kappa shape index (κ1) is 25.3. The van der Waals surface area contributed by atoms with Crippen molar-refractivity contribution in [2.75, 3.05) is 47.6 Å². The first-order valence-electron chi connectivity index (χ1n) is 10.6. The highest BCUT2D eigenvalue weighted by atomic mass is 35.5. The number of methoxy groups -OCH3 is 3. The lowest BCUT2D eigenvalue weighted by molar-refractivity contribution is -0.124. The third-order valence-electron chi connectivity index (χ3n) is 5.74. The molecule has 0 spiro atoms. The van der Waals surface area contributed by atoms with Gasteiger partial charge < -0.3 is 19.5 Å². The second-order valence-electron chi connectivity index (χ2n) is 7.73. The van der Waals surface area contributed by atoms with Crippen molar-refractivity contribution in [3.63, 3.8) is 0 Å². The monoisotopic (exact) mass is 496 g/mol. The molecule has 2 aromatic rings. The number of nitrogens with one attached hydrogen (secondary N) is 1. The summed E-state index contributed by atoms with van der Waals surface area (Å²) in [5, 5.41) is 3.36. The summed E-state index contributed by atoms with van der Waals surface area (Å²) in [7, 11) is 0.873. The predicted molar refractivity (Wildman–Crippen MR) is 125 cm³/mol. The summed E-state index contributed by atoms with van der Waals surface area (Å²) >= 11 is 5.93. The van der Waals surface area contributed by atoms with Gasteiger partial charge >= 0.3 is 0 Å². The lowest BCUT2D eigenvalue weighted by atomic mass is 9.87. The van der Waals surface area contributed by atoms with Crippen molar-refractivity contribution < 1.29 is 27.4 Å². The number of carbonyl (C=O) groups is 1. The molecule has 1 amide bonds. The Morgan fingerprint density at radius 1 is 1.09 bits per heavy atom. The van der Waals surface area contributed by atoms with Crippen LogP contribution in [0.3, 0.4) is 0 Å². The van der Waals surface area contributed by atoms with Crippen LogP contribution in [-0.2, 0) is 19.6 Å². The van der Waals surface area contributed by atoms with Gasteiger partial charge in [-0.15, -0.1) is 0 Å². The SMILES string of the molecule is COCCCNC(=O)[C@H]1CN(S(=O)(=O)c2ccc(Cl)cc2)C[C@H]1c1cc(OC)ccc1OC. The molecule has 33 heavy (non-hydrogen) atoms. The molecule has 180 valence electrons. The topological polar surface area (TPSA) is 94.2 Å². The third-order valence-corrected chi connectivity index (χ3v) is 7.83. The van der Waals surface area contributed by atoms with Gasteiger partial charge in [-0.2, -0.15) is 4.31 Å². The van der Waals surface area contributed by atoms with E-state index in [9.17, 15) is 13.2 Å². The number of nitrogens with zero attached hydrogens (tertiary/aromatic N) is 1. The Bertz CT molecular complexity index is 1060. The van der Waals surface area contributed by atoms with E-state index in [-0.39, 0.29) is 23.9 Å². The lowest BCUT2D eigenvalue weighted by Crippen LogP contribution is -2.36. The molecule has 1 aliphatic rings. The molecule has 0 saturated carbocycles. The van der Waals surface area contributed by atoms with Gasteiger partial charge in [-0.1, -0.05) is 11.6 Å². The average Bonchev–Trinajstić information content (AvgIpc) is 3.28. The quantitative estimate of drug-likeness (QED) is 0.508. The number of ether oxygens (including phenoxy) is 3. The maximum absolute atomic E-state index is 13.3. The molecule has 1 N–H and O–H groups in total. The van der Waals surface area contributed by atoms with Crippen LogP contribution in [0.25, 0.3) is 0 Å². The van der Waals surface area contributed by atoms with Crippen molar-refractivity contribution in [2.45, 2.75) is 17.2 Å². The molecule has 2 atom stereocenters. The van der Waals surface area contributed by atoms with Gasteiger partial charge in [-0.05, 0) is 48.9 Å². The second-order valence-corrected chi connectivity index (χ2v) is 10.1. The number of rotatable bonds is 10. The van der Waals surface area contributed by atoms with Crippen LogP contribution in [-0.4, -0.2) is 66.2 Å². The standard InChI is InChI=1S/C23H29ClN2O6S/c1-30-12-4-11-25-23(27)21-15-26(33(28,29)18-8-5-16(24)6-9-18)14-20(21)19-13-17(31-2)7-10-22(19)32-3/h5-10,13,20-21H,4,11-12,14-15H2,1-3H3,(H,25,27)/t20-,21-/m0/s1. The molecule has 2 aromatic carbocycles. The van der Waals surface area contributed by atoms with E-state index in [1.807, 2.05) is 0 Å². The summed E-state index contributed by atoms with van der Waals surface area (Å²) < 4.78 is 44.0. The molecule has 1 aliphatic heterocycles. The molecule has 0 radical (unpaired) electrons. The van der Waals surface area contributed by atoms with Gasteiger partial charge in [-0.3, -0.25) is 4.79 Å². The number of hydrogen-bond donors (Lipinski definition) is 1. The highest BCUT2D eigenvalue weighted by Crippen LogP contribution is 2.41. The number of carbonyl (C=O) groups excluding carboxylic acids is 1. The lowest BCUT2D eigenvalue weighted by Gasteiger charge is -2.21. The second kappa shape index (κ2) is 11.2. The highest BCUT2D eigenvalue weighted by Gasteiger charge is 2.44. The minimum Gasteiger partial charge on any atom is -0.497 e. The maximum Gasteiger partial charge on any atom is 0.243 e. The smallest absolute Gasteiger partial charge is 0.243 e. The zero-order valence-corrected chi connectivity index (χ0v) is 20.5. The number of sulfonamides is 1. The highest BCUT2D eigenvalue weighted by molar-refractivity contribution is 7.89. The summed E-state index contributed by atoms with van der Waals surface area (Å²) in [6.07, 6.45) is 0.662. The molecule has 0 aliphatic carbocycles. The normalized spacial score (nSPS) is 18.8. The Morgan fingerprint density at radius 2 is 1.82 bits per heavy atom. The predicted octanol–water partition coefficient (Wildman–Crippen LogP) is 2.91. The molecule has 1 saturated heterocycles. The van der Waals surface area contributed by atoms with Crippen LogP contribution >= 0.6 is 11.6 Å². The largest absolute Gasteiger partial charge is 0.497 e. The molecule has 3 rings (SSSR count). The fourth-order valence-electron chi connectivity index (χ4n) is 3.99. The van der Waals surface area contributed by atoms with E-state index in [0.29, 0.717) is 36.1 Å². The van der Waals surface area contributed by atoms with Crippen molar-refractivity contribution in [3.05, 3.63) is 53.1 Å². The van der Waals surface area contributed by atoms with Gasteiger partial charge in [0.25, 0.3) is 0 Å². The van der Waals surface area contributed by atoms with Crippen LogP contribution in [0.1, 0.15) is 17.9 Å². The van der Waals surface area contributed by atoms with Gasteiger partial charge in [0, 0.05) is 49.9 Å². The van der Waals surface area contributed by atoms with Gasteiger partial charge in [0.15, 0.2) is 0 Å². The number of amides is 1. The summed E-state index contributed by atoms with van der Waals surface area (Å²) in [4.78, 5) is 13.3. The molecular formula is C23H29ClN2O6S. The first-order valence-corrected chi connectivity index (χ1v) is 12.4. The molecule has 0 aromatic heterocycles. The zero-order valence-electron chi connectivity index (χ0n) is 18.9. The third kappa shape index (κ3) is 5.78. The van der Waals surface area contributed by atoms with E-state index in [1.54, 1.807) is 39.5 Å². The molecular weight excluding hydrogens is 468 g/mol. The molecule has 0 bridgehead atoms. The van der Waals surface area contributed by atoms with E-state index >= 15 is 0 Å². The van der Waals surface area contributed by atoms with Crippen molar-refractivity contribution in [1.82, 2.24) is 9.62 Å². The van der Waals surface area contributed by atoms with Crippen LogP contribution < -0.4 is 14.8 Å². The Balaban J connectivity index is 1.95. The summed E-state index contributed by atoms with van der Waals surface area (Å²) in [5.74, 6) is -0.0576. The van der Waals surface area contributed by atoms with E-state index in [2.05, 4.69) is 5.32 Å². The van der Waals surface area contributed by atoms with Crippen LogP contribution in [0.2, 0.25) is 5.02 Å². The number of benzene rings is 2. The summed E-state index contributed by atoms with van der Waals surface area (Å²) in [6.45, 7) is 1.14. The van der Waals surface area contributed by atoms with Crippen LogP contribution in [0, 0.1) is 5.92 Å². The zero-order chi connectivity index (χ0) is 24.0. The minimum absolute atomic E-state index is 0.0477. The first-order chi connectivity index (χ1) is 15.8. The minimum atomic E-state index is -3.82. The fraction of sp³-hybridized carbons (Fsp3) is 0.435. The Hall–Kier alpha value is -2.33.